The largest absolute Gasteiger partial charge is 0.310 e. The molecule has 0 aliphatic carbocycles. The van der Waals surface area contributed by atoms with E-state index in [1.54, 1.807) is 18.3 Å². The number of hydrogen-bond donors (Lipinski definition) is 1. The molecular formula is C24H30N4O. The van der Waals surface area contributed by atoms with E-state index in [1.807, 2.05) is 16.7 Å². The van der Waals surface area contributed by atoms with E-state index in [-0.39, 0.29) is 5.56 Å². The average molecular weight is 391 g/mol. The van der Waals surface area contributed by atoms with Gasteiger partial charge in [0.15, 0.2) is 0 Å². The summed E-state index contributed by atoms with van der Waals surface area (Å²) in [4.78, 5) is 19.2. The minimum absolute atomic E-state index is 0.0513. The summed E-state index contributed by atoms with van der Waals surface area (Å²) in [5.74, 6) is 0. The van der Waals surface area contributed by atoms with E-state index in [0.717, 1.165) is 50.1 Å². The Kier molecular flexibility index (Phi) is 6.07. The van der Waals surface area contributed by atoms with E-state index in [1.165, 1.54) is 16.7 Å². The number of nitrogens with zero attached hydrogens (tertiary/aromatic N) is 3. The number of piperidine rings is 1. The molecule has 0 spiro atoms. The first-order valence-electron chi connectivity index (χ1n) is 10.6. The molecule has 2 aromatic heterocycles. The maximum atomic E-state index is 12.3. The molecule has 0 bridgehead atoms. The van der Waals surface area contributed by atoms with Crippen molar-refractivity contribution in [1.82, 2.24) is 19.8 Å². The molecule has 1 fully saturated rings. The van der Waals surface area contributed by atoms with Crippen LogP contribution >= 0.6 is 0 Å². The van der Waals surface area contributed by atoms with E-state index in [4.69, 9.17) is 0 Å². The summed E-state index contributed by atoms with van der Waals surface area (Å²) in [5, 5.41) is 3.72. The van der Waals surface area contributed by atoms with Gasteiger partial charge in [0.2, 0.25) is 0 Å². The van der Waals surface area contributed by atoms with Gasteiger partial charge in [-0.1, -0.05) is 18.2 Å². The molecule has 3 aromatic rings. The normalized spacial score (nSPS) is 15.8. The van der Waals surface area contributed by atoms with Crippen molar-refractivity contribution in [1.29, 1.82) is 0 Å². The Balaban J connectivity index is 1.28. The second-order valence-corrected chi connectivity index (χ2v) is 8.15. The van der Waals surface area contributed by atoms with Gasteiger partial charge in [-0.05, 0) is 74.7 Å². The summed E-state index contributed by atoms with van der Waals surface area (Å²) in [7, 11) is 0. The molecular weight excluding hydrogens is 360 g/mol. The van der Waals surface area contributed by atoms with Gasteiger partial charge in [-0.15, -0.1) is 0 Å². The number of aryl methyl sites for hydroxylation is 2. The van der Waals surface area contributed by atoms with Gasteiger partial charge >= 0.3 is 0 Å². The highest BCUT2D eigenvalue weighted by Crippen LogP contribution is 2.14. The van der Waals surface area contributed by atoms with Crippen LogP contribution in [0.2, 0.25) is 0 Å². The van der Waals surface area contributed by atoms with Crippen LogP contribution in [0.3, 0.4) is 0 Å². The molecule has 0 radical (unpaired) electrons. The number of aromatic nitrogens is 2. The third kappa shape index (κ3) is 4.74. The molecule has 152 valence electrons. The van der Waals surface area contributed by atoms with E-state index in [2.05, 4.69) is 47.2 Å². The molecule has 1 aliphatic heterocycles. The molecule has 1 N–H and O–H groups in total. The van der Waals surface area contributed by atoms with Crippen LogP contribution in [0.15, 0.2) is 53.5 Å². The number of hydrogen-bond acceptors (Lipinski definition) is 4. The Bertz CT molecular complexity index is 1030. The highest BCUT2D eigenvalue weighted by atomic mass is 16.1. The first kappa shape index (κ1) is 19.8. The van der Waals surface area contributed by atoms with Crippen LogP contribution in [0.25, 0.3) is 11.0 Å². The topological polar surface area (TPSA) is 50.2 Å². The predicted octanol–water partition coefficient (Wildman–Crippen LogP) is 3.27. The molecule has 29 heavy (non-hydrogen) atoms. The SMILES string of the molecule is Cc1ccc(CNC2CCN(CCn3c(=O)ccc4ncccc43)CC2)cc1C. The quantitative estimate of drug-likeness (QED) is 0.702. The molecule has 0 amide bonds. The van der Waals surface area contributed by atoms with Crippen molar-refractivity contribution in [2.75, 3.05) is 19.6 Å². The van der Waals surface area contributed by atoms with Crippen molar-refractivity contribution < 1.29 is 0 Å². The van der Waals surface area contributed by atoms with Crippen molar-refractivity contribution in [2.45, 2.75) is 45.8 Å². The highest BCUT2D eigenvalue weighted by molar-refractivity contribution is 5.73. The summed E-state index contributed by atoms with van der Waals surface area (Å²) in [6.45, 7) is 9.02. The molecule has 0 atom stereocenters. The second kappa shape index (κ2) is 8.89. The lowest BCUT2D eigenvalue weighted by molar-refractivity contribution is 0.191. The number of rotatable bonds is 6. The minimum atomic E-state index is 0.0513. The number of nitrogens with one attached hydrogen (secondary N) is 1. The first-order valence-corrected chi connectivity index (χ1v) is 10.6. The van der Waals surface area contributed by atoms with Gasteiger partial charge in [0.1, 0.15) is 0 Å². The van der Waals surface area contributed by atoms with Crippen LogP contribution in [0.1, 0.15) is 29.5 Å². The molecule has 5 heteroatoms. The van der Waals surface area contributed by atoms with Gasteiger partial charge in [-0.3, -0.25) is 9.78 Å². The van der Waals surface area contributed by atoms with E-state index < -0.39 is 0 Å². The van der Waals surface area contributed by atoms with Crippen molar-refractivity contribution >= 4 is 11.0 Å². The second-order valence-electron chi connectivity index (χ2n) is 8.15. The summed E-state index contributed by atoms with van der Waals surface area (Å²) in [6, 6.07) is 14.6. The molecule has 0 saturated carbocycles. The Hall–Kier alpha value is -2.50. The minimum Gasteiger partial charge on any atom is -0.310 e. The van der Waals surface area contributed by atoms with Crippen molar-refractivity contribution in [3.05, 3.63) is 75.7 Å². The Morgan fingerprint density at radius 2 is 1.86 bits per heavy atom. The van der Waals surface area contributed by atoms with Crippen molar-refractivity contribution in [3.8, 4) is 0 Å². The zero-order valence-corrected chi connectivity index (χ0v) is 17.4. The maximum absolute atomic E-state index is 12.3. The third-order valence-electron chi connectivity index (χ3n) is 6.15. The van der Waals surface area contributed by atoms with E-state index in [9.17, 15) is 4.79 Å². The number of fused-ring (bicyclic) bond motifs is 1. The van der Waals surface area contributed by atoms with Gasteiger partial charge in [-0.2, -0.15) is 0 Å². The van der Waals surface area contributed by atoms with Crippen LogP contribution in [0, 0.1) is 13.8 Å². The summed E-state index contributed by atoms with van der Waals surface area (Å²) in [6.07, 6.45) is 4.07. The van der Waals surface area contributed by atoms with Gasteiger partial charge in [0.25, 0.3) is 5.56 Å². The van der Waals surface area contributed by atoms with Crippen LogP contribution in [0.4, 0.5) is 0 Å². The highest BCUT2D eigenvalue weighted by Gasteiger charge is 2.19. The summed E-state index contributed by atoms with van der Waals surface area (Å²) in [5.41, 5.74) is 5.92. The molecule has 4 rings (SSSR count). The Morgan fingerprint density at radius 1 is 1.03 bits per heavy atom. The van der Waals surface area contributed by atoms with Crippen LogP contribution in [-0.4, -0.2) is 40.1 Å². The number of benzene rings is 1. The lowest BCUT2D eigenvalue weighted by atomic mass is 10.0. The number of pyridine rings is 2. The summed E-state index contributed by atoms with van der Waals surface area (Å²) >= 11 is 0. The fourth-order valence-corrected chi connectivity index (χ4v) is 4.13. The van der Waals surface area contributed by atoms with Crippen molar-refractivity contribution in [3.63, 3.8) is 0 Å². The standard InChI is InChI=1S/C24H30N4O/c1-18-5-6-20(16-19(18)2)17-26-21-9-12-27(13-10-21)14-15-28-23-4-3-11-25-22(23)7-8-24(28)29/h3-8,11,16,21,26H,9-10,12-15,17H2,1-2H3. The van der Waals surface area contributed by atoms with Gasteiger partial charge in [0, 0.05) is 37.9 Å². The Morgan fingerprint density at radius 3 is 2.66 bits per heavy atom. The van der Waals surface area contributed by atoms with Crippen LogP contribution in [0.5, 0.6) is 0 Å². The zero-order valence-electron chi connectivity index (χ0n) is 17.4. The number of likely N-dealkylation sites (tertiary alicyclic amines) is 1. The average Bonchev–Trinajstić information content (AvgIpc) is 2.75. The third-order valence-corrected chi connectivity index (χ3v) is 6.15. The van der Waals surface area contributed by atoms with Gasteiger partial charge in [-0.25, -0.2) is 0 Å². The Labute approximate surface area is 172 Å². The fraction of sp³-hybridized carbons (Fsp3) is 0.417. The van der Waals surface area contributed by atoms with E-state index in [0.29, 0.717) is 12.6 Å². The van der Waals surface area contributed by atoms with Gasteiger partial charge in [0.05, 0.1) is 11.0 Å². The maximum Gasteiger partial charge on any atom is 0.251 e. The van der Waals surface area contributed by atoms with Crippen molar-refractivity contribution in [2.24, 2.45) is 0 Å². The van der Waals surface area contributed by atoms with E-state index >= 15 is 0 Å². The molecule has 0 unspecified atom stereocenters. The summed E-state index contributed by atoms with van der Waals surface area (Å²) < 4.78 is 1.85. The molecule has 1 aliphatic rings. The zero-order chi connectivity index (χ0) is 20.2. The smallest absolute Gasteiger partial charge is 0.251 e. The fourth-order valence-electron chi connectivity index (χ4n) is 4.13. The molecule has 1 aromatic carbocycles. The predicted molar refractivity (Wildman–Crippen MR) is 118 cm³/mol. The molecule has 1 saturated heterocycles. The molecule has 3 heterocycles. The van der Waals surface area contributed by atoms with Gasteiger partial charge < -0.3 is 14.8 Å². The lowest BCUT2D eigenvalue weighted by Crippen LogP contribution is -2.43. The van der Waals surface area contributed by atoms with Crippen LogP contribution < -0.4 is 10.9 Å². The monoisotopic (exact) mass is 390 g/mol. The lowest BCUT2D eigenvalue weighted by Gasteiger charge is -2.32. The molecule has 5 nitrogen and oxygen atoms in total. The van der Waals surface area contributed by atoms with Crippen LogP contribution in [-0.2, 0) is 13.1 Å². The first-order chi connectivity index (χ1) is 14.1.